The number of carbonyl (C=O) groups excluding carboxylic acids is 2. The second-order valence-electron chi connectivity index (χ2n) is 8.62. The second kappa shape index (κ2) is 9.90. The van der Waals surface area contributed by atoms with E-state index in [0.29, 0.717) is 33.1 Å². The van der Waals surface area contributed by atoms with Crippen LogP contribution in [-0.2, 0) is 11.3 Å². The number of aryl methyl sites for hydroxylation is 2. The highest BCUT2D eigenvalue weighted by Gasteiger charge is 2.15. The third-order valence-corrected chi connectivity index (χ3v) is 6.09. The van der Waals surface area contributed by atoms with Gasteiger partial charge in [-0.15, -0.1) is 0 Å². The molecular weight excluding hydrogens is 470 g/mol. The summed E-state index contributed by atoms with van der Waals surface area (Å²) in [6, 6.07) is 23.5. The number of aromatic nitrogens is 3. The number of pyridine rings is 1. The normalized spacial score (nSPS) is 10.9. The van der Waals surface area contributed by atoms with Crippen LogP contribution < -0.4 is 22.1 Å². The number of nitrogens with zero attached hydrogens (tertiary/aromatic N) is 2. The molecule has 9 heteroatoms. The van der Waals surface area contributed by atoms with Crippen molar-refractivity contribution in [1.82, 2.24) is 25.4 Å². The van der Waals surface area contributed by atoms with E-state index in [2.05, 4.69) is 15.8 Å². The largest absolute Gasteiger partial charge is 0.328 e. The van der Waals surface area contributed by atoms with Crippen LogP contribution in [0.1, 0.15) is 22.3 Å². The number of rotatable bonds is 5. The lowest BCUT2D eigenvalue weighted by molar-refractivity contribution is -0.122. The summed E-state index contributed by atoms with van der Waals surface area (Å²) in [7, 11) is 0. The van der Waals surface area contributed by atoms with Gasteiger partial charge in [-0.05, 0) is 31.2 Å². The van der Waals surface area contributed by atoms with Crippen molar-refractivity contribution in [2.75, 3.05) is 0 Å². The Morgan fingerprint density at radius 1 is 0.892 bits per heavy atom. The van der Waals surface area contributed by atoms with Gasteiger partial charge in [0, 0.05) is 23.9 Å². The fourth-order valence-electron chi connectivity index (χ4n) is 4.17. The Kier molecular flexibility index (Phi) is 6.34. The Labute approximate surface area is 210 Å². The van der Waals surface area contributed by atoms with Gasteiger partial charge in [0.05, 0.1) is 27.7 Å². The zero-order chi connectivity index (χ0) is 25.9. The standard InChI is InChI=1S/C28H23N5O4/c1-17-10-12-18(13-11-17)23-16-21(19-6-2-4-8-22(19)29-23)27(36)32-31-25(34)14-15-33-24-9-5-3-7-20(24)26(35)30-28(33)37/h2-13,16H,14-15H2,1H3,(H,31,34)(H,32,36)(H,30,35,37). The maximum Gasteiger partial charge on any atom is 0.328 e. The molecule has 5 rings (SSSR count). The molecule has 0 spiro atoms. The summed E-state index contributed by atoms with van der Waals surface area (Å²) in [6.07, 6.45) is -0.0953. The molecule has 0 radical (unpaired) electrons. The number of aromatic amines is 1. The summed E-state index contributed by atoms with van der Waals surface area (Å²) in [5.74, 6) is -0.986. The third-order valence-electron chi connectivity index (χ3n) is 6.09. The molecule has 0 atom stereocenters. The molecule has 2 heterocycles. The lowest BCUT2D eigenvalue weighted by atomic mass is 10.0. The second-order valence-corrected chi connectivity index (χ2v) is 8.62. The van der Waals surface area contributed by atoms with Gasteiger partial charge in [-0.25, -0.2) is 9.78 Å². The van der Waals surface area contributed by atoms with Crippen molar-refractivity contribution in [2.24, 2.45) is 0 Å². The lowest BCUT2D eigenvalue weighted by Gasteiger charge is -2.12. The molecule has 0 fully saturated rings. The maximum atomic E-state index is 13.1. The summed E-state index contributed by atoms with van der Waals surface area (Å²) < 4.78 is 1.32. The van der Waals surface area contributed by atoms with Crippen LogP contribution in [0.3, 0.4) is 0 Å². The highest BCUT2D eigenvalue weighted by Crippen LogP contribution is 2.25. The molecule has 9 nitrogen and oxygen atoms in total. The van der Waals surface area contributed by atoms with Crippen molar-refractivity contribution in [3.05, 3.63) is 111 Å². The van der Waals surface area contributed by atoms with Gasteiger partial charge in [-0.1, -0.05) is 60.2 Å². The molecule has 0 unspecified atom stereocenters. The molecule has 0 aliphatic carbocycles. The maximum absolute atomic E-state index is 13.1. The fourth-order valence-corrected chi connectivity index (χ4v) is 4.17. The number of nitrogens with one attached hydrogen (secondary N) is 3. The zero-order valence-electron chi connectivity index (χ0n) is 19.9. The molecular formula is C28H23N5O4. The molecule has 3 N–H and O–H groups in total. The van der Waals surface area contributed by atoms with Gasteiger partial charge in [-0.2, -0.15) is 0 Å². The van der Waals surface area contributed by atoms with Crippen LogP contribution in [-0.4, -0.2) is 26.3 Å². The molecule has 5 aromatic rings. The van der Waals surface area contributed by atoms with Gasteiger partial charge in [0.15, 0.2) is 0 Å². The summed E-state index contributed by atoms with van der Waals surface area (Å²) >= 11 is 0. The van der Waals surface area contributed by atoms with Crippen molar-refractivity contribution >= 4 is 33.6 Å². The smallest absolute Gasteiger partial charge is 0.293 e. The van der Waals surface area contributed by atoms with Gasteiger partial charge < -0.3 is 0 Å². The van der Waals surface area contributed by atoms with Gasteiger partial charge in [0.2, 0.25) is 5.91 Å². The van der Waals surface area contributed by atoms with E-state index in [1.807, 2.05) is 49.4 Å². The number of benzene rings is 3. The van der Waals surface area contributed by atoms with Gasteiger partial charge in [0.1, 0.15) is 0 Å². The predicted molar refractivity (Wildman–Crippen MR) is 141 cm³/mol. The molecule has 37 heavy (non-hydrogen) atoms. The van der Waals surface area contributed by atoms with E-state index < -0.39 is 23.1 Å². The number of hydrogen-bond donors (Lipinski definition) is 3. The minimum atomic E-state index is -0.604. The minimum absolute atomic E-state index is 0.0214. The third kappa shape index (κ3) is 4.87. The van der Waals surface area contributed by atoms with E-state index in [1.54, 1.807) is 36.4 Å². The predicted octanol–water partition coefficient (Wildman–Crippen LogP) is 3.06. The average Bonchev–Trinajstić information content (AvgIpc) is 2.91. The molecule has 184 valence electrons. The lowest BCUT2D eigenvalue weighted by Crippen LogP contribution is -2.42. The summed E-state index contributed by atoms with van der Waals surface area (Å²) in [5.41, 5.74) is 7.86. The van der Waals surface area contributed by atoms with Crippen molar-refractivity contribution in [1.29, 1.82) is 0 Å². The van der Waals surface area contributed by atoms with Crippen molar-refractivity contribution in [3.8, 4) is 11.3 Å². The first-order valence-corrected chi connectivity index (χ1v) is 11.7. The van der Waals surface area contributed by atoms with Crippen LogP contribution in [0.2, 0.25) is 0 Å². The van der Waals surface area contributed by atoms with Gasteiger partial charge >= 0.3 is 5.69 Å². The van der Waals surface area contributed by atoms with Crippen LogP contribution in [0.25, 0.3) is 33.1 Å². The molecule has 2 amide bonds. The van der Waals surface area contributed by atoms with Crippen LogP contribution >= 0.6 is 0 Å². The average molecular weight is 494 g/mol. The van der Waals surface area contributed by atoms with Crippen LogP contribution in [0.5, 0.6) is 0 Å². The Morgan fingerprint density at radius 2 is 1.59 bits per heavy atom. The summed E-state index contributed by atoms with van der Waals surface area (Å²) in [4.78, 5) is 56.9. The van der Waals surface area contributed by atoms with Gasteiger partial charge in [0.25, 0.3) is 11.5 Å². The Balaban J connectivity index is 1.33. The molecule has 2 aromatic heterocycles. The summed E-state index contributed by atoms with van der Waals surface area (Å²) in [5, 5.41) is 1.00. The zero-order valence-corrected chi connectivity index (χ0v) is 19.9. The van der Waals surface area contributed by atoms with E-state index >= 15 is 0 Å². The van der Waals surface area contributed by atoms with Crippen LogP contribution in [0.4, 0.5) is 0 Å². The first kappa shape index (κ1) is 23.7. The number of hydrogen-bond acceptors (Lipinski definition) is 5. The molecule has 0 aliphatic rings. The Morgan fingerprint density at radius 3 is 2.38 bits per heavy atom. The topological polar surface area (TPSA) is 126 Å². The number of H-pyrrole nitrogens is 1. The SMILES string of the molecule is Cc1ccc(-c2cc(C(=O)NNC(=O)CCn3c(=O)[nH]c(=O)c4ccccc43)c3ccccc3n2)cc1. The van der Waals surface area contributed by atoms with Crippen molar-refractivity contribution in [3.63, 3.8) is 0 Å². The number of amides is 2. The van der Waals surface area contributed by atoms with E-state index in [9.17, 15) is 19.2 Å². The van der Waals surface area contributed by atoms with E-state index in [4.69, 9.17) is 4.98 Å². The first-order chi connectivity index (χ1) is 17.9. The molecule has 0 saturated carbocycles. The van der Waals surface area contributed by atoms with Gasteiger partial charge in [-0.3, -0.25) is 34.8 Å². The van der Waals surface area contributed by atoms with Crippen LogP contribution in [0.15, 0.2) is 88.5 Å². The molecule has 0 saturated heterocycles. The Hall–Kier alpha value is -5.05. The molecule has 3 aromatic carbocycles. The molecule has 0 aliphatic heterocycles. The summed E-state index contributed by atoms with van der Waals surface area (Å²) in [6.45, 7) is 2.02. The number of para-hydroxylation sites is 2. The quantitative estimate of drug-likeness (QED) is 0.325. The monoisotopic (exact) mass is 493 g/mol. The number of fused-ring (bicyclic) bond motifs is 2. The highest BCUT2D eigenvalue weighted by molar-refractivity contribution is 6.07. The van der Waals surface area contributed by atoms with E-state index in [1.165, 1.54) is 4.57 Å². The van der Waals surface area contributed by atoms with Crippen LogP contribution in [0, 0.1) is 6.92 Å². The Bertz CT molecular complexity index is 1770. The minimum Gasteiger partial charge on any atom is -0.293 e. The van der Waals surface area contributed by atoms with Crippen molar-refractivity contribution < 1.29 is 9.59 Å². The number of carbonyl (C=O) groups is 2. The highest BCUT2D eigenvalue weighted by atomic mass is 16.2. The van der Waals surface area contributed by atoms with E-state index in [0.717, 1.165) is 11.1 Å². The fraction of sp³-hybridized carbons (Fsp3) is 0.107. The number of hydrazine groups is 1. The molecule has 0 bridgehead atoms. The van der Waals surface area contributed by atoms with Crippen molar-refractivity contribution in [2.45, 2.75) is 19.9 Å². The van der Waals surface area contributed by atoms with E-state index in [-0.39, 0.29) is 13.0 Å². The first-order valence-electron chi connectivity index (χ1n) is 11.7.